The Bertz CT molecular complexity index is 757. The van der Waals surface area contributed by atoms with Gasteiger partial charge in [0, 0.05) is 12.6 Å². The standard InChI is InChI=1S/C18H19FN4O/c1-13(21-10-18(24)15-2-6-16(19)7-3-15)14-4-8-17(9-5-14)23-12-20-11-22-23/h2-9,11-13,18,21,24H,10H2,1H3/t13-,18+/m1/s1. The van der Waals surface area contributed by atoms with E-state index in [2.05, 4.69) is 15.4 Å². The molecule has 6 heteroatoms. The molecule has 3 aromatic rings. The van der Waals surface area contributed by atoms with E-state index in [1.54, 1.807) is 23.1 Å². The quantitative estimate of drug-likeness (QED) is 0.731. The summed E-state index contributed by atoms with van der Waals surface area (Å²) in [7, 11) is 0. The molecule has 1 heterocycles. The number of hydrogen-bond acceptors (Lipinski definition) is 4. The summed E-state index contributed by atoms with van der Waals surface area (Å²) in [6, 6.07) is 13.9. The molecule has 3 rings (SSSR count). The van der Waals surface area contributed by atoms with Crippen molar-refractivity contribution < 1.29 is 9.50 Å². The van der Waals surface area contributed by atoms with Crippen molar-refractivity contribution >= 4 is 0 Å². The van der Waals surface area contributed by atoms with Crippen LogP contribution in [0.25, 0.3) is 5.69 Å². The van der Waals surface area contributed by atoms with Crippen LogP contribution < -0.4 is 5.32 Å². The third kappa shape index (κ3) is 3.84. The van der Waals surface area contributed by atoms with Crippen LogP contribution in [0.15, 0.2) is 61.2 Å². The van der Waals surface area contributed by atoms with Gasteiger partial charge in [0.1, 0.15) is 18.5 Å². The maximum absolute atomic E-state index is 12.9. The Morgan fingerprint density at radius 2 is 1.75 bits per heavy atom. The van der Waals surface area contributed by atoms with Crippen LogP contribution in [-0.2, 0) is 0 Å². The first-order chi connectivity index (χ1) is 11.6. The molecule has 2 atom stereocenters. The molecule has 5 nitrogen and oxygen atoms in total. The van der Waals surface area contributed by atoms with E-state index in [1.807, 2.05) is 31.2 Å². The molecule has 0 saturated heterocycles. The molecule has 0 aliphatic carbocycles. The molecule has 24 heavy (non-hydrogen) atoms. The molecule has 1 aromatic heterocycles. The first kappa shape index (κ1) is 16.3. The van der Waals surface area contributed by atoms with Crippen LogP contribution in [0.3, 0.4) is 0 Å². The Hall–Kier alpha value is -2.57. The van der Waals surface area contributed by atoms with Crippen molar-refractivity contribution in [3.05, 3.63) is 78.1 Å². The lowest BCUT2D eigenvalue weighted by molar-refractivity contribution is 0.170. The normalized spacial score (nSPS) is 13.6. The lowest BCUT2D eigenvalue weighted by Crippen LogP contribution is -2.24. The van der Waals surface area contributed by atoms with Crippen LogP contribution in [-0.4, -0.2) is 26.4 Å². The van der Waals surface area contributed by atoms with Crippen LogP contribution >= 0.6 is 0 Å². The van der Waals surface area contributed by atoms with Crippen molar-refractivity contribution in [1.82, 2.24) is 20.1 Å². The highest BCUT2D eigenvalue weighted by Crippen LogP contribution is 2.17. The second-order valence-corrected chi connectivity index (χ2v) is 5.63. The van der Waals surface area contributed by atoms with Crippen LogP contribution in [0.2, 0.25) is 0 Å². The minimum absolute atomic E-state index is 0.0740. The number of nitrogens with zero attached hydrogens (tertiary/aromatic N) is 3. The summed E-state index contributed by atoms with van der Waals surface area (Å²) in [6.45, 7) is 2.42. The first-order valence-corrected chi connectivity index (χ1v) is 7.75. The fraction of sp³-hybridized carbons (Fsp3) is 0.222. The molecule has 0 spiro atoms. The molecule has 0 fully saturated rings. The Morgan fingerprint density at radius 1 is 1.08 bits per heavy atom. The van der Waals surface area contributed by atoms with Gasteiger partial charge in [0.25, 0.3) is 0 Å². The predicted molar refractivity (Wildman–Crippen MR) is 89.1 cm³/mol. The molecule has 0 unspecified atom stereocenters. The Balaban J connectivity index is 1.58. The van der Waals surface area contributed by atoms with E-state index in [1.165, 1.54) is 18.5 Å². The number of rotatable bonds is 6. The van der Waals surface area contributed by atoms with Gasteiger partial charge >= 0.3 is 0 Å². The van der Waals surface area contributed by atoms with E-state index in [9.17, 15) is 9.50 Å². The summed E-state index contributed by atoms with van der Waals surface area (Å²) in [5.41, 5.74) is 2.73. The highest BCUT2D eigenvalue weighted by Gasteiger charge is 2.11. The summed E-state index contributed by atoms with van der Waals surface area (Å²) >= 11 is 0. The van der Waals surface area contributed by atoms with Crippen molar-refractivity contribution in [3.63, 3.8) is 0 Å². The van der Waals surface area contributed by atoms with Gasteiger partial charge in [-0.2, -0.15) is 5.10 Å². The summed E-state index contributed by atoms with van der Waals surface area (Å²) in [5.74, 6) is -0.306. The highest BCUT2D eigenvalue weighted by molar-refractivity contribution is 5.34. The van der Waals surface area contributed by atoms with Crippen molar-refractivity contribution in [1.29, 1.82) is 0 Å². The zero-order valence-electron chi connectivity index (χ0n) is 13.3. The molecule has 0 amide bonds. The molecule has 2 aromatic carbocycles. The van der Waals surface area contributed by atoms with Crippen molar-refractivity contribution in [2.75, 3.05) is 6.54 Å². The smallest absolute Gasteiger partial charge is 0.138 e. The summed E-state index contributed by atoms with van der Waals surface area (Å²) < 4.78 is 14.6. The molecule has 2 N–H and O–H groups in total. The van der Waals surface area contributed by atoms with Crippen LogP contribution in [0, 0.1) is 5.82 Å². The van der Waals surface area contributed by atoms with E-state index in [0.29, 0.717) is 12.1 Å². The summed E-state index contributed by atoms with van der Waals surface area (Å²) in [6.07, 6.45) is 2.47. The number of halogens is 1. The van der Waals surface area contributed by atoms with Gasteiger partial charge < -0.3 is 10.4 Å². The Morgan fingerprint density at radius 3 is 2.38 bits per heavy atom. The zero-order valence-corrected chi connectivity index (χ0v) is 13.3. The average molecular weight is 326 g/mol. The molecular formula is C18H19FN4O. The fourth-order valence-corrected chi connectivity index (χ4v) is 2.47. The molecule has 0 aliphatic heterocycles. The van der Waals surface area contributed by atoms with Gasteiger partial charge in [-0.05, 0) is 42.3 Å². The maximum Gasteiger partial charge on any atom is 0.138 e. The summed E-state index contributed by atoms with van der Waals surface area (Å²) in [5, 5.41) is 17.6. The number of aliphatic hydroxyl groups excluding tert-OH is 1. The largest absolute Gasteiger partial charge is 0.387 e. The second-order valence-electron chi connectivity index (χ2n) is 5.63. The lowest BCUT2D eigenvalue weighted by Gasteiger charge is -2.18. The zero-order chi connectivity index (χ0) is 16.9. The molecule has 0 aliphatic rings. The van der Waals surface area contributed by atoms with Crippen molar-refractivity contribution in [2.24, 2.45) is 0 Å². The van der Waals surface area contributed by atoms with E-state index < -0.39 is 6.10 Å². The van der Waals surface area contributed by atoms with Gasteiger partial charge in [-0.25, -0.2) is 14.1 Å². The average Bonchev–Trinajstić information content (AvgIpc) is 3.15. The third-order valence-corrected chi connectivity index (χ3v) is 3.95. The van der Waals surface area contributed by atoms with Crippen molar-refractivity contribution in [3.8, 4) is 5.69 Å². The highest BCUT2D eigenvalue weighted by atomic mass is 19.1. The van der Waals surface area contributed by atoms with Crippen LogP contribution in [0.4, 0.5) is 4.39 Å². The Kier molecular flexibility index (Phi) is 4.98. The maximum atomic E-state index is 12.9. The molecular weight excluding hydrogens is 307 g/mol. The van der Waals surface area contributed by atoms with Gasteiger partial charge in [0.15, 0.2) is 0 Å². The van der Waals surface area contributed by atoms with Gasteiger partial charge in [-0.1, -0.05) is 24.3 Å². The fourth-order valence-electron chi connectivity index (χ4n) is 2.47. The van der Waals surface area contributed by atoms with Gasteiger partial charge in [0.05, 0.1) is 11.8 Å². The number of aromatic nitrogens is 3. The molecule has 0 radical (unpaired) electrons. The minimum Gasteiger partial charge on any atom is -0.387 e. The number of nitrogens with one attached hydrogen (secondary N) is 1. The molecule has 0 bridgehead atoms. The van der Waals surface area contributed by atoms with Crippen LogP contribution in [0.1, 0.15) is 30.2 Å². The third-order valence-electron chi connectivity index (χ3n) is 3.95. The van der Waals surface area contributed by atoms with Gasteiger partial charge in [0.2, 0.25) is 0 Å². The monoisotopic (exact) mass is 326 g/mol. The van der Waals surface area contributed by atoms with E-state index in [0.717, 1.165) is 11.3 Å². The minimum atomic E-state index is -0.678. The van der Waals surface area contributed by atoms with Gasteiger partial charge in [-0.3, -0.25) is 0 Å². The second kappa shape index (κ2) is 7.33. The lowest BCUT2D eigenvalue weighted by atomic mass is 10.1. The van der Waals surface area contributed by atoms with E-state index >= 15 is 0 Å². The first-order valence-electron chi connectivity index (χ1n) is 7.75. The topological polar surface area (TPSA) is 63.0 Å². The Labute approximate surface area is 139 Å². The molecule has 124 valence electrons. The predicted octanol–water partition coefficient (Wildman–Crippen LogP) is 2.79. The number of benzene rings is 2. The number of aliphatic hydroxyl groups is 1. The summed E-state index contributed by atoms with van der Waals surface area (Å²) in [4.78, 5) is 3.93. The SMILES string of the molecule is C[C@@H](NC[C@H](O)c1ccc(F)cc1)c1ccc(-n2cncn2)cc1. The van der Waals surface area contributed by atoms with Gasteiger partial charge in [-0.15, -0.1) is 0 Å². The van der Waals surface area contributed by atoms with E-state index in [-0.39, 0.29) is 11.9 Å². The number of hydrogen-bond donors (Lipinski definition) is 2. The van der Waals surface area contributed by atoms with E-state index in [4.69, 9.17) is 0 Å². The van der Waals surface area contributed by atoms with Crippen molar-refractivity contribution in [2.45, 2.75) is 19.1 Å². The van der Waals surface area contributed by atoms with Crippen LogP contribution in [0.5, 0.6) is 0 Å². The molecule has 0 saturated carbocycles.